The van der Waals surface area contributed by atoms with Gasteiger partial charge in [-0.05, 0) is 31.4 Å². The number of aliphatic imine (C=N–C) groups is 1. The lowest BCUT2D eigenvalue weighted by molar-refractivity contribution is 0.0985. The molecule has 0 radical (unpaired) electrons. The van der Waals surface area contributed by atoms with Crippen molar-refractivity contribution in [2.45, 2.75) is 36.4 Å². The number of sulfone groups is 1. The Morgan fingerprint density at radius 3 is 2.83 bits per heavy atom. The third-order valence-electron chi connectivity index (χ3n) is 4.44. The summed E-state index contributed by atoms with van der Waals surface area (Å²) in [6.07, 6.45) is 2.99. The third kappa shape index (κ3) is 2.53. The average molecular weight is 357 g/mol. The summed E-state index contributed by atoms with van der Waals surface area (Å²) >= 11 is 6.08. The number of anilines is 1. The number of nitrogens with zero attached hydrogens (tertiary/aromatic N) is 4. The van der Waals surface area contributed by atoms with Crippen LogP contribution in [-0.4, -0.2) is 55.7 Å². The Bertz CT molecular complexity index is 778. The van der Waals surface area contributed by atoms with Gasteiger partial charge in [0.05, 0.1) is 35.8 Å². The van der Waals surface area contributed by atoms with E-state index in [-0.39, 0.29) is 16.6 Å². The van der Waals surface area contributed by atoms with Crippen LogP contribution >= 0.6 is 11.6 Å². The molecule has 1 saturated carbocycles. The van der Waals surface area contributed by atoms with Crippen molar-refractivity contribution in [1.82, 2.24) is 9.97 Å². The Balaban J connectivity index is 1.78. The maximum Gasteiger partial charge on any atom is 0.224 e. The van der Waals surface area contributed by atoms with Crippen LogP contribution in [0.1, 0.15) is 36.4 Å². The first-order valence-electron chi connectivity index (χ1n) is 7.66. The molecule has 2 atom stereocenters. The Kier molecular flexibility index (Phi) is 3.58. The fourth-order valence-electron chi connectivity index (χ4n) is 3.05. The van der Waals surface area contributed by atoms with Crippen LogP contribution in [0.5, 0.6) is 0 Å². The van der Waals surface area contributed by atoms with Crippen LogP contribution in [0.2, 0.25) is 5.28 Å². The first kappa shape index (κ1) is 15.3. The van der Waals surface area contributed by atoms with Crippen molar-refractivity contribution in [1.29, 1.82) is 0 Å². The molecule has 2 fully saturated rings. The Labute approximate surface area is 139 Å². The predicted molar refractivity (Wildman–Crippen MR) is 86.9 cm³/mol. The number of aromatic nitrogens is 2. The number of morpholine rings is 1. The molecule has 1 aromatic rings. The number of ether oxygens (including phenoxy) is 1. The number of hydrogen-bond donors (Lipinski definition) is 0. The molecule has 0 bridgehead atoms. The quantitative estimate of drug-likeness (QED) is 0.760. The molecule has 1 saturated heterocycles. The maximum atomic E-state index is 12.6. The zero-order valence-electron chi connectivity index (χ0n) is 12.6. The summed E-state index contributed by atoms with van der Waals surface area (Å²) in [5.74, 6) is 0.646. The summed E-state index contributed by atoms with van der Waals surface area (Å²) in [6, 6.07) is 0.131. The summed E-state index contributed by atoms with van der Waals surface area (Å²) in [5.41, 5.74) is 1.07. The Hall–Kier alpha value is -1.25. The maximum absolute atomic E-state index is 12.6. The topological polar surface area (TPSA) is 84.8 Å². The van der Waals surface area contributed by atoms with Crippen LogP contribution in [0.15, 0.2) is 4.99 Å². The van der Waals surface area contributed by atoms with E-state index in [4.69, 9.17) is 16.3 Å². The molecule has 3 aliphatic rings. The van der Waals surface area contributed by atoms with Gasteiger partial charge in [0, 0.05) is 12.8 Å². The highest BCUT2D eigenvalue weighted by Crippen LogP contribution is 2.42. The van der Waals surface area contributed by atoms with Crippen LogP contribution < -0.4 is 4.90 Å². The standard InChI is InChI=1S/C14H17ClN4O3S/c1-8-7-22-5-4-19(8)12-10-6-16-13(11(10)17-14(15)18-12)23(20,21)9-2-3-9/h6,8-9,13H,2-5,7H2,1H3/t8-,13?/m1/s1. The zero-order valence-corrected chi connectivity index (χ0v) is 14.2. The molecule has 9 heteroatoms. The van der Waals surface area contributed by atoms with E-state index in [9.17, 15) is 8.42 Å². The molecule has 1 unspecified atom stereocenters. The van der Waals surface area contributed by atoms with Gasteiger partial charge in [0.2, 0.25) is 5.28 Å². The lowest BCUT2D eigenvalue weighted by Gasteiger charge is -2.35. The first-order chi connectivity index (χ1) is 11.0. The van der Waals surface area contributed by atoms with Gasteiger partial charge in [0.1, 0.15) is 5.82 Å². The molecular formula is C14H17ClN4O3S. The van der Waals surface area contributed by atoms with Gasteiger partial charge in [-0.1, -0.05) is 0 Å². The molecule has 1 aromatic heterocycles. The molecule has 0 N–H and O–H groups in total. The minimum Gasteiger partial charge on any atom is -0.377 e. The second kappa shape index (κ2) is 5.39. The molecule has 0 amide bonds. The van der Waals surface area contributed by atoms with Crippen molar-refractivity contribution < 1.29 is 13.2 Å². The lowest BCUT2D eigenvalue weighted by Crippen LogP contribution is -2.44. The SMILES string of the molecule is C[C@@H]1COCCN1c1nc(Cl)nc2c1C=NC2S(=O)(=O)C1CC1. The lowest BCUT2D eigenvalue weighted by atomic mass is 10.2. The molecule has 3 heterocycles. The van der Waals surface area contributed by atoms with E-state index < -0.39 is 15.2 Å². The van der Waals surface area contributed by atoms with E-state index in [2.05, 4.69) is 19.9 Å². The normalized spacial score (nSPS) is 27.3. The Morgan fingerprint density at radius 2 is 2.13 bits per heavy atom. The largest absolute Gasteiger partial charge is 0.377 e. The van der Waals surface area contributed by atoms with Crippen LogP contribution in [0, 0.1) is 0 Å². The fourth-order valence-corrected chi connectivity index (χ4v) is 5.10. The first-order valence-corrected chi connectivity index (χ1v) is 9.65. The highest BCUT2D eigenvalue weighted by molar-refractivity contribution is 7.92. The molecule has 23 heavy (non-hydrogen) atoms. The number of rotatable bonds is 3. The van der Waals surface area contributed by atoms with E-state index in [1.807, 2.05) is 6.92 Å². The van der Waals surface area contributed by atoms with Gasteiger partial charge < -0.3 is 9.64 Å². The molecule has 2 aliphatic heterocycles. The molecule has 4 rings (SSSR count). The van der Waals surface area contributed by atoms with Crippen molar-refractivity contribution >= 4 is 33.5 Å². The van der Waals surface area contributed by atoms with Gasteiger partial charge in [-0.2, -0.15) is 4.98 Å². The van der Waals surface area contributed by atoms with Crippen molar-refractivity contribution in [3.05, 3.63) is 16.5 Å². The fraction of sp³-hybridized carbons (Fsp3) is 0.643. The van der Waals surface area contributed by atoms with Crippen LogP contribution in [0.4, 0.5) is 5.82 Å². The molecule has 0 spiro atoms. The van der Waals surface area contributed by atoms with E-state index in [1.54, 1.807) is 6.21 Å². The highest BCUT2D eigenvalue weighted by Gasteiger charge is 2.45. The van der Waals surface area contributed by atoms with Gasteiger partial charge >= 0.3 is 0 Å². The molecule has 124 valence electrons. The van der Waals surface area contributed by atoms with Gasteiger partial charge in [0.25, 0.3) is 0 Å². The van der Waals surface area contributed by atoms with Gasteiger partial charge in [-0.15, -0.1) is 0 Å². The van der Waals surface area contributed by atoms with Crippen LogP contribution in [-0.2, 0) is 14.6 Å². The smallest absolute Gasteiger partial charge is 0.224 e. The summed E-state index contributed by atoms with van der Waals surface area (Å²) in [4.78, 5) is 14.8. The van der Waals surface area contributed by atoms with Crippen molar-refractivity contribution in [2.24, 2.45) is 4.99 Å². The van der Waals surface area contributed by atoms with Crippen molar-refractivity contribution in [3.8, 4) is 0 Å². The summed E-state index contributed by atoms with van der Waals surface area (Å²) in [6.45, 7) is 3.90. The second-order valence-corrected chi connectivity index (χ2v) is 8.78. The minimum atomic E-state index is -3.35. The number of fused-ring (bicyclic) bond motifs is 1. The number of halogens is 1. The Morgan fingerprint density at radius 1 is 1.35 bits per heavy atom. The molecule has 1 aliphatic carbocycles. The number of hydrogen-bond acceptors (Lipinski definition) is 7. The second-order valence-electron chi connectivity index (χ2n) is 6.15. The van der Waals surface area contributed by atoms with E-state index in [0.717, 1.165) is 0 Å². The summed E-state index contributed by atoms with van der Waals surface area (Å²) in [5, 5.41) is -1.19. The van der Waals surface area contributed by atoms with Crippen LogP contribution in [0.25, 0.3) is 0 Å². The van der Waals surface area contributed by atoms with E-state index in [1.165, 1.54) is 0 Å². The third-order valence-corrected chi connectivity index (χ3v) is 6.98. The van der Waals surface area contributed by atoms with Crippen molar-refractivity contribution in [2.75, 3.05) is 24.7 Å². The summed E-state index contributed by atoms with van der Waals surface area (Å²) in [7, 11) is -3.35. The predicted octanol–water partition coefficient (Wildman–Crippen LogP) is 1.36. The van der Waals surface area contributed by atoms with Crippen molar-refractivity contribution in [3.63, 3.8) is 0 Å². The average Bonchev–Trinajstić information content (AvgIpc) is 3.28. The van der Waals surface area contributed by atoms with Gasteiger partial charge in [-0.3, -0.25) is 4.99 Å². The summed E-state index contributed by atoms with van der Waals surface area (Å²) < 4.78 is 30.6. The molecular weight excluding hydrogens is 340 g/mol. The van der Waals surface area contributed by atoms with Gasteiger partial charge in [0.15, 0.2) is 15.2 Å². The molecule has 7 nitrogen and oxygen atoms in total. The van der Waals surface area contributed by atoms with E-state index >= 15 is 0 Å². The zero-order chi connectivity index (χ0) is 16.2. The highest BCUT2D eigenvalue weighted by atomic mass is 35.5. The van der Waals surface area contributed by atoms with Crippen LogP contribution in [0.3, 0.4) is 0 Å². The molecule has 0 aromatic carbocycles. The van der Waals surface area contributed by atoms with Gasteiger partial charge in [-0.25, -0.2) is 13.4 Å². The monoisotopic (exact) mass is 356 g/mol. The minimum absolute atomic E-state index is 0.0546. The van der Waals surface area contributed by atoms with E-state index in [0.29, 0.717) is 49.7 Å².